The molecule has 36 heavy (non-hydrogen) atoms. The van der Waals surface area contributed by atoms with Crippen molar-refractivity contribution in [3.05, 3.63) is 103 Å². The molecule has 1 amide bonds. The number of ether oxygens (including phenoxy) is 2. The highest BCUT2D eigenvalue weighted by Gasteiger charge is 2.11. The number of hydrogen-bond acceptors (Lipinski definition) is 5. The van der Waals surface area contributed by atoms with Gasteiger partial charge < -0.3 is 19.4 Å². The lowest BCUT2D eigenvalue weighted by atomic mass is 10.2. The summed E-state index contributed by atoms with van der Waals surface area (Å²) in [5, 5.41) is 2.96. The normalized spacial score (nSPS) is 11.8. The number of hydrogen-bond donors (Lipinski definition) is 1. The highest BCUT2D eigenvalue weighted by Crippen LogP contribution is 2.22. The molecular formula is C28H27N5O3. The van der Waals surface area contributed by atoms with E-state index in [-0.39, 0.29) is 12.0 Å². The summed E-state index contributed by atoms with van der Waals surface area (Å²) in [6.07, 6.45) is 7.27. The number of imidazole rings is 1. The Balaban J connectivity index is 1.19. The number of aromatic nitrogens is 4. The summed E-state index contributed by atoms with van der Waals surface area (Å²) in [4.78, 5) is 21.2. The zero-order valence-corrected chi connectivity index (χ0v) is 19.9. The molecular weight excluding hydrogens is 454 g/mol. The fraction of sp³-hybridized carbons (Fsp3) is 0.179. The van der Waals surface area contributed by atoms with E-state index in [1.165, 1.54) is 0 Å². The largest absolute Gasteiger partial charge is 0.487 e. The molecule has 0 aliphatic rings. The Labute approximate surface area is 209 Å². The van der Waals surface area contributed by atoms with E-state index >= 15 is 0 Å². The predicted octanol–water partition coefficient (Wildman–Crippen LogP) is 4.50. The number of nitrogens with one attached hydrogen (secondary N) is 1. The maximum absolute atomic E-state index is 12.6. The van der Waals surface area contributed by atoms with Crippen LogP contribution in [0, 0.1) is 0 Å². The lowest BCUT2D eigenvalue weighted by Crippen LogP contribution is -2.26. The molecule has 0 spiro atoms. The van der Waals surface area contributed by atoms with Gasteiger partial charge in [-0.1, -0.05) is 6.07 Å². The first-order chi connectivity index (χ1) is 17.7. The first kappa shape index (κ1) is 23.2. The van der Waals surface area contributed by atoms with Crippen LogP contribution in [0.3, 0.4) is 0 Å². The molecule has 0 radical (unpaired) electrons. The Morgan fingerprint density at radius 3 is 2.61 bits per heavy atom. The minimum atomic E-state index is -0.139. The van der Waals surface area contributed by atoms with Crippen molar-refractivity contribution >= 4 is 16.9 Å². The Kier molecular flexibility index (Phi) is 6.93. The summed E-state index contributed by atoms with van der Waals surface area (Å²) in [7, 11) is 0. The van der Waals surface area contributed by atoms with Crippen LogP contribution in [0.4, 0.5) is 0 Å². The average Bonchev–Trinajstić information content (AvgIpc) is 3.58. The molecule has 1 N–H and O–H groups in total. The van der Waals surface area contributed by atoms with Gasteiger partial charge in [-0.15, -0.1) is 0 Å². The molecule has 0 aliphatic carbocycles. The van der Waals surface area contributed by atoms with E-state index in [1.54, 1.807) is 12.5 Å². The van der Waals surface area contributed by atoms with E-state index in [0.29, 0.717) is 24.6 Å². The Morgan fingerprint density at radius 1 is 1.00 bits per heavy atom. The lowest BCUT2D eigenvalue weighted by molar-refractivity contribution is 0.0952. The predicted molar refractivity (Wildman–Crippen MR) is 138 cm³/mol. The standard InChI is InChI=1S/C28H27N5O3/c1-21(19-35-27-6-2-3-13-29-27)36-24-10-8-23(9-11-24)33-20-31-25-18-22(7-12-26(25)33)28(34)30-14-17-32-15-4-5-16-32/h2-13,15-16,18,20-21H,14,17,19H2,1H3,(H,30,34). The van der Waals surface area contributed by atoms with Gasteiger partial charge >= 0.3 is 0 Å². The van der Waals surface area contributed by atoms with Crippen LogP contribution in [0.1, 0.15) is 17.3 Å². The maximum Gasteiger partial charge on any atom is 0.251 e. The molecule has 1 atom stereocenters. The smallest absolute Gasteiger partial charge is 0.251 e. The van der Waals surface area contributed by atoms with Crippen LogP contribution in [0.15, 0.2) is 97.7 Å². The van der Waals surface area contributed by atoms with Crippen molar-refractivity contribution in [2.75, 3.05) is 13.2 Å². The maximum atomic E-state index is 12.6. The molecule has 3 aromatic heterocycles. The quantitative estimate of drug-likeness (QED) is 0.318. The third-order valence-corrected chi connectivity index (χ3v) is 5.69. The fourth-order valence-corrected chi connectivity index (χ4v) is 3.87. The number of carbonyl (C=O) groups is 1. The second-order valence-electron chi connectivity index (χ2n) is 8.40. The van der Waals surface area contributed by atoms with Gasteiger partial charge in [0.15, 0.2) is 0 Å². The number of nitrogens with zero attached hydrogens (tertiary/aromatic N) is 4. The van der Waals surface area contributed by atoms with Gasteiger partial charge in [-0.3, -0.25) is 9.36 Å². The van der Waals surface area contributed by atoms with Crippen molar-refractivity contribution in [1.82, 2.24) is 24.4 Å². The summed E-state index contributed by atoms with van der Waals surface area (Å²) in [5.41, 5.74) is 3.22. The zero-order chi connectivity index (χ0) is 24.7. The third-order valence-electron chi connectivity index (χ3n) is 5.69. The van der Waals surface area contributed by atoms with Crippen molar-refractivity contribution in [3.8, 4) is 17.3 Å². The van der Waals surface area contributed by atoms with Gasteiger partial charge in [-0.2, -0.15) is 0 Å². The van der Waals surface area contributed by atoms with Crippen LogP contribution < -0.4 is 14.8 Å². The van der Waals surface area contributed by atoms with Gasteiger partial charge in [0.1, 0.15) is 24.8 Å². The highest BCUT2D eigenvalue weighted by atomic mass is 16.5. The number of benzene rings is 2. The fourth-order valence-electron chi connectivity index (χ4n) is 3.87. The number of carbonyl (C=O) groups excluding carboxylic acids is 1. The monoisotopic (exact) mass is 481 g/mol. The highest BCUT2D eigenvalue weighted by molar-refractivity contribution is 5.97. The van der Waals surface area contributed by atoms with E-state index < -0.39 is 0 Å². The second-order valence-corrected chi connectivity index (χ2v) is 8.40. The van der Waals surface area contributed by atoms with Gasteiger partial charge in [-0.25, -0.2) is 9.97 Å². The van der Waals surface area contributed by atoms with Gasteiger partial charge in [0.25, 0.3) is 5.91 Å². The Bertz CT molecular complexity index is 1410. The van der Waals surface area contributed by atoms with Crippen molar-refractivity contribution in [2.45, 2.75) is 19.6 Å². The summed E-state index contributed by atoms with van der Waals surface area (Å²) >= 11 is 0. The Hall–Kier alpha value is -4.59. The Morgan fingerprint density at radius 2 is 1.83 bits per heavy atom. The summed E-state index contributed by atoms with van der Waals surface area (Å²) in [6.45, 7) is 3.63. The van der Waals surface area contributed by atoms with Crippen LogP contribution >= 0.6 is 0 Å². The average molecular weight is 482 g/mol. The minimum Gasteiger partial charge on any atom is -0.487 e. The number of rotatable bonds is 10. The van der Waals surface area contributed by atoms with Gasteiger partial charge in [0.2, 0.25) is 5.88 Å². The van der Waals surface area contributed by atoms with Crippen LogP contribution in [-0.4, -0.2) is 44.3 Å². The molecule has 0 saturated heterocycles. The molecule has 3 heterocycles. The first-order valence-corrected chi connectivity index (χ1v) is 11.8. The number of amides is 1. The van der Waals surface area contributed by atoms with E-state index in [9.17, 15) is 4.79 Å². The topological polar surface area (TPSA) is 83.2 Å². The number of fused-ring (bicyclic) bond motifs is 1. The summed E-state index contributed by atoms with van der Waals surface area (Å²) in [6, 6.07) is 22.8. The minimum absolute atomic E-state index is 0.110. The van der Waals surface area contributed by atoms with Gasteiger partial charge in [0.05, 0.1) is 11.0 Å². The van der Waals surface area contributed by atoms with Crippen molar-refractivity contribution < 1.29 is 14.3 Å². The van der Waals surface area contributed by atoms with Crippen molar-refractivity contribution in [1.29, 1.82) is 0 Å². The molecule has 8 nitrogen and oxygen atoms in total. The van der Waals surface area contributed by atoms with Gasteiger partial charge in [0, 0.05) is 49.0 Å². The SMILES string of the molecule is CC(COc1ccccn1)Oc1ccc(-n2cnc3cc(C(=O)NCCn4cccc4)ccc32)cc1. The van der Waals surface area contributed by atoms with E-state index in [2.05, 4.69) is 15.3 Å². The first-order valence-electron chi connectivity index (χ1n) is 11.8. The molecule has 2 aromatic carbocycles. The molecule has 0 bridgehead atoms. The molecule has 5 aromatic rings. The molecule has 0 fully saturated rings. The van der Waals surface area contributed by atoms with Crippen LogP contribution in [-0.2, 0) is 6.54 Å². The molecule has 0 aliphatic heterocycles. The van der Waals surface area contributed by atoms with Crippen LogP contribution in [0.25, 0.3) is 16.7 Å². The summed E-state index contributed by atoms with van der Waals surface area (Å²) < 4.78 is 15.6. The zero-order valence-electron chi connectivity index (χ0n) is 19.9. The van der Waals surface area contributed by atoms with Crippen molar-refractivity contribution in [2.24, 2.45) is 0 Å². The second kappa shape index (κ2) is 10.8. The van der Waals surface area contributed by atoms with E-state index in [1.807, 2.05) is 101 Å². The summed E-state index contributed by atoms with van der Waals surface area (Å²) in [5.74, 6) is 1.22. The third kappa shape index (κ3) is 5.55. The molecule has 8 heteroatoms. The van der Waals surface area contributed by atoms with Crippen molar-refractivity contribution in [3.63, 3.8) is 0 Å². The molecule has 182 valence electrons. The van der Waals surface area contributed by atoms with E-state index in [0.717, 1.165) is 29.0 Å². The number of pyridine rings is 1. The van der Waals surface area contributed by atoms with Gasteiger partial charge in [-0.05, 0) is 67.6 Å². The molecule has 1 unspecified atom stereocenters. The van der Waals surface area contributed by atoms with Crippen LogP contribution in [0.2, 0.25) is 0 Å². The molecule has 0 saturated carbocycles. The lowest BCUT2D eigenvalue weighted by Gasteiger charge is -2.15. The van der Waals surface area contributed by atoms with E-state index in [4.69, 9.17) is 9.47 Å². The molecule has 5 rings (SSSR count). The van der Waals surface area contributed by atoms with Crippen LogP contribution in [0.5, 0.6) is 11.6 Å².